The number of amides is 1. The van der Waals surface area contributed by atoms with E-state index in [1.54, 1.807) is 0 Å². The number of carboxylic acids is 1. The Balaban J connectivity index is 2.49. The molecule has 1 aromatic carbocycles. The average molecular weight is 309 g/mol. The highest BCUT2D eigenvalue weighted by Gasteiger charge is 2.21. The van der Waals surface area contributed by atoms with Crippen LogP contribution in [0.4, 0.5) is 4.39 Å². The van der Waals surface area contributed by atoms with Crippen LogP contribution < -0.4 is 5.32 Å². The van der Waals surface area contributed by atoms with Crippen LogP contribution in [0.5, 0.6) is 0 Å². The summed E-state index contributed by atoms with van der Waals surface area (Å²) in [6.45, 7) is 3.72. The number of aliphatic carboxylic acids is 1. The van der Waals surface area contributed by atoms with Gasteiger partial charge in [0.05, 0.1) is 0 Å². The van der Waals surface area contributed by atoms with Crippen molar-refractivity contribution in [3.05, 3.63) is 35.6 Å². The molecule has 0 saturated carbocycles. The Bertz CT molecular complexity index is 540. The fraction of sp³-hybridized carbons (Fsp3) is 0.438. The van der Waals surface area contributed by atoms with E-state index in [1.165, 1.54) is 24.3 Å². The number of halogens is 1. The molecule has 0 aliphatic carbocycles. The van der Waals surface area contributed by atoms with E-state index in [0.29, 0.717) is 12.0 Å². The van der Waals surface area contributed by atoms with Crippen LogP contribution in [0.2, 0.25) is 0 Å². The molecule has 22 heavy (non-hydrogen) atoms. The standard InChI is InChI=1S/C16H20FNO4/c1-10(2)9-13(16(21)22)18-15(20)8-7-14(19)11-3-5-12(17)6-4-11/h3-6,10,13H,7-9H2,1-2H3,(H,18,20)(H,21,22)/t13-/m0/s1. The summed E-state index contributed by atoms with van der Waals surface area (Å²) < 4.78 is 12.8. The summed E-state index contributed by atoms with van der Waals surface area (Å²) in [6, 6.07) is 4.11. The lowest BCUT2D eigenvalue weighted by Crippen LogP contribution is -2.41. The summed E-state index contributed by atoms with van der Waals surface area (Å²) in [5.41, 5.74) is 0.325. The number of carbonyl (C=O) groups excluding carboxylic acids is 2. The molecule has 0 aliphatic heterocycles. The Hall–Kier alpha value is -2.24. The molecule has 0 radical (unpaired) electrons. The molecule has 0 fully saturated rings. The molecule has 0 unspecified atom stereocenters. The summed E-state index contributed by atoms with van der Waals surface area (Å²) in [4.78, 5) is 34.6. The molecule has 0 spiro atoms. The molecule has 1 amide bonds. The van der Waals surface area contributed by atoms with Crippen LogP contribution in [-0.4, -0.2) is 28.8 Å². The smallest absolute Gasteiger partial charge is 0.326 e. The van der Waals surface area contributed by atoms with Gasteiger partial charge in [-0.05, 0) is 36.6 Å². The fourth-order valence-electron chi connectivity index (χ4n) is 1.97. The zero-order chi connectivity index (χ0) is 16.7. The predicted octanol–water partition coefficient (Wildman–Crippen LogP) is 2.40. The number of carbonyl (C=O) groups is 3. The second-order valence-corrected chi connectivity index (χ2v) is 5.52. The van der Waals surface area contributed by atoms with Gasteiger partial charge in [-0.1, -0.05) is 13.8 Å². The molecule has 0 saturated heterocycles. The third kappa shape index (κ3) is 6.03. The van der Waals surface area contributed by atoms with E-state index in [1.807, 2.05) is 13.8 Å². The number of hydrogen-bond acceptors (Lipinski definition) is 3. The Morgan fingerprint density at radius 3 is 2.23 bits per heavy atom. The van der Waals surface area contributed by atoms with Gasteiger partial charge < -0.3 is 10.4 Å². The van der Waals surface area contributed by atoms with Gasteiger partial charge in [-0.3, -0.25) is 9.59 Å². The van der Waals surface area contributed by atoms with Crippen LogP contribution >= 0.6 is 0 Å². The Labute approximate surface area is 128 Å². The fourth-order valence-corrected chi connectivity index (χ4v) is 1.97. The number of Topliss-reactive ketones (excluding diaryl/α,β-unsaturated/α-hetero) is 1. The van der Waals surface area contributed by atoms with Crippen molar-refractivity contribution < 1.29 is 23.9 Å². The van der Waals surface area contributed by atoms with Gasteiger partial charge in [-0.25, -0.2) is 9.18 Å². The Morgan fingerprint density at radius 1 is 1.14 bits per heavy atom. The quantitative estimate of drug-likeness (QED) is 0.722. The first kappa shape index (κ1) is 17.8. The van der Waals surface area contributed by atoms with E-state index in [4.69, 9.17) is 5.11 Å². The lowest BCUT2D eigenvalue weighted by molar-refractivity contribution is -0.142. The minimum absolute atomic E-state index is 0.0501. The van der Waals surface area contributed by atoms with E-state index in [-0.39, 0.29) is 24.5 Å². The highest BCUT2D eigenvalue weighted by molar-refractivity contribution is 5.98. The number of carboxylic acid groups (broad SMARTS) is 1. The van der Waals surface area contributed by atoms with Crippen LogP contribution in [0.15, 0.2) is 24.3 Å². The summed E-state index contributed by atoms with van der Waals surface area (Å²) in [5, 5.41) is 11.4. The molecule has 1 atom stereocenters. The van der Waals surface area contributed by atoms with Crippen molar-refractivity contribution >= 4 is 17.7 Å². The van der Waals surface area contributed by atoms with Gasteiger partial charge in [0, 0.05) is 18.4 Å². The van der Waals surface area contributed by atoms with Crippen molar-refractivity contribution in [1.82, 2.24) is 5.32 Å². The molecule has 1 aromatic rings. The molecule has 0 bridgehead atoms. The predicted molar refractivity (Wildman–Crippen MR) is 79.0 cm³/mol. The highest BCUT2D eigenvalue weighted by atomic mass is 19.1. The lowest BCUT2D eigenvalue weighted by Gasteiger charge is -2.16. The molecule has 0 aromatic heterocycles. The largest absolute Gasteiger partial charge is 0.480 e. The number of nitrogens with one attached hydrogen (secondary N) is 1. The van der Waals surface area contributed by atoms with Crippen molar-refractivity contribution in [2.24, 2.45) is 5.92 Å². The van der Waals surface area contributed by atoms with Crippen LogP contribution in [0.25, 0.3) is 0 Å². The first-order valence-electron chi connectivity index (χ1n) is 7.10. The molecule has 1 rings (SSSR count). The summed E-state index contributed by atoms with van der Waals surface area (Å²) in [7, 11) is 0. The van der Waals surface area contributed by atoms with Crippen LogP contribution in [0, 0.1) is 11.7 Å². The van der Waals surface area contributed by atoms with Gasteiger partial charge in [0.1, 0.15) is 11.9 Å². The number of hydrogen-bond donors (Lipinski definition) is 2. The van der Waals surface area contributed by atoms with Crippen LogP contribution in [0.3, 0.4) is 0 Å². The normalized spacial score (nSPS) is 12.0. The lowest BCUT2D eigenvalue weighted by atomic mass is 10.0. The van der Waals surface area contributed by atoms with Crippen molar-refractivity contribution in [3.8, 4) is 0 Å². The van der Waals surface area contributed by atoms with E-state index < -0.39 is 23.7 Å². The second-order valence-electron chi connectivity index (χ2n) is 5.52. The third-order valence-electron chi connectivity index (χ3n) is 3.09. The maximum absolute atomic E-state index is 12.8. The zero-order valence-corrected chi connectivity index (χ0v) is 12.6. The maximum atomic E-state index is 12.8. The van der Waals surface area contributed by atoms with E-state index in [2.05, 4.69) is 5.32 Å². The zero-order valence-electron chi connectivity index (χ0n) is 12.6. The van der Waals surface area contributed by atoms with Crippen molar-refractivity contribution in [2.45, 2.75) is 39.2 Å². The maximum Gasteiger partial charge on any atom is 0.326 e. The van der Waals surface area contributed by atoms with Gasteiger partial charge in [-0.2, -0.15) is 0 Å². The first-order chi connectivity index (χ1) is 10.3. The third-order valence-corrected chi connectivity index (χ3v) is 3.09. The van der Waals surface area contributed by atoms with Gasteiger partial charge in [0.2, 0.25) is 5.91 Å². The average Bonchev–Trinajstić information content (AvgIpc) is 2.44. The molecule has 0 heterocycles. The summed E-state index contributed by atoms with van der Waals surface area (Å²) in [5.74, 6) is -2.17. The van der Waals surface area contributed by atoms with Crippen molar-refractivity contribution in [1.29, 1.82) is 0 Å². The molecular formula is C16H20FNO4. The van der Waals surface area contributed by atoms with E-state index in [0.717, 1.165) is 0 Å². The van der Waals surface area contributed by atoms with E-state index >= 15 is 0 Å². The summed E-state index contributed by atoms with van der Waals surface area (Å²) in [6.07, 6.45) is 0.177. The van der Waals surface area contributed by atoms with Gasteiger partial charge in [-0.15, -0.1) is 0 Å². The molecule has 6 heteroatoms. The highest BCUT2D eigenvalue weighted by Crippen LogP contribution is 2.09. The van der Waals surface area contributed by atoms with Gasteiger partial charge in [0.15, 0.2) is 5.78 Å². The summed E-state index contributed by atoms with van der Waals surface area (Å²) >= 11 is 0. The number of rotatable bonds is 8. The molecule has 0 aliphatic rings. The van der Waals surface area contributed by atoms with Crippen molar-refractivity contribution in [2.75, 3.05) is 0 Å². The van der Waals surface area contributed by atoms with Crippen molar-refractivity contribution in [3.63, 3.8) is 0 Å². The second kappa shape index (κ2) is 8.26. The van der Waals surface area contributed by atoms with Gasteiger partial charge in [0.25, 0.3) is 0 Å². The molecule has 2 N–H and O–H groups in total. The van der Waals surface area contributed by atoms with Gasteiger partial charge >= 0.3 is 5.97 Å². The monoisotopic (exact) mass is 309 g/mol. The number of ketones is 1. The Morgan fingerprint density at radius 2 is 1.73 bits per heavy atom. The molecular weight excluding hydrogens is 289 g/mol. The van der Waals surface area contributed by atoms with Crippen LogP contribution in [-0.2, 0) is 9.59 Å². The molecule has 120 valence electrons. The van der Waals surface area contributed by atoms with Crippen LogP contribution in [0.1, 0.15) is 43.5 Å². The molecule has 5 nitrogen and oxygen atoms in total. The first-order valence-corrected chi connectivity index (χ1v) is 7.10. The minimum Gasteiger partial charge on any atom is -0.480 e. The number of benzene rings is 1. The van der Waals surface area contributed by atoms with E-state index in [9.17, 15) is 18.8 Å². The Kier molecular flexibility index (Phi) is 6.69. The topological polar surface area (TPSA) is 83.5 Å². The SMILES string of the molecule is CC(C)C[C@H](NC(=O)CCC(=O)c1ccc(F)cc1)C(=O)O. The minimum atomic E-state index is -1.09.